The normalized spacial score (nSPS) is 14.8. The van der Waals surface area contributed by atoms with Gasteiger partial charge in [0.1, 0.15) is 0 Å². The number of hydrogen-bond acceptors (Lipinski definition) is 3. The Balaban J connectivity index is 1.60. The van der Waals surface area contributed by atoms with Gasteiger partial charge in [0.2, 0.25) is 0 Å². The van der Waals surface area contributed by atoms with Gasteiger partial charge < -0.3 is 19.4 Å². The minimum absolute atomic E-state index is 0.140. The fourth-order valence-corrected chi connectivity index (χ4v) is 5.12. The Morgan fingerprint density at radius 3 is 2.36 bits per heavy atom. The average Bonchev–Trinajstić information content (AvgIpc) is 3.52. The molecule has 196 valence electrons. The number of H-pyrrole nitrogens is 1. The SMILES string of the molecule is CC(C)CCN(CCC(C)C)C(=O)c1ccc2nc(-c3ccc[nH]3)n(CCCN3CCCCC3)c2c1. The Bertz CT molecular complexity index is 1080. The number of aromatic amines is 1. The van der Waals surface area contributed by atoms with Gasteiger partial charge in [-0.1, -0.05) is 34.1 Å². The third-order valence-electron chi connectivity index (χ3n) is 7.38. The Kier molecular flexibility index (Phi) is 9.24. The third kappa shape index (κ3) is 6.78. The number of hydrogen-bond donors (Lipinski definition) is 1. The first-order valence-corrected chi connectivity index (χ1v) is 14.1. The van der Waals surface area contributed by atoms with Gasteiger partial charge in [0.05, 0.1) is 16.7 Å². The van der Waals surface area contributed by atoms with E-state index in [-0.39, 0.29) is 5.91 Å². The summed E-state index contributed by atoms with van der Waals surface area (Å²) in [5.41, 5.74) is 3.79. The first-order valence-electron chi connectivity index (χ1n) is 14.1. The number of rotatable bonds is 12. The van der Waals surface area contributed by atoms with Crippen LogP contribution in [0.5, 0.6) is 0 Å². The van der Waals surface area contributed by atoms with E-state index < -0.39 is 0 Å². The molecular formula is C30H45N5O. The van der Waals surface area contributed by atoms with E-state index >= 15 is 0 Å². The summed E-state index contributed by atoms with van der Waals surface area (Å²) in [7, 11) is 0. The highest BCUT2D eigenvalue weighted by Crippen LogP contribution is 2.26. The van der Waals surface area contributed by atoms with Crippen molar-refractivity contribution in [3.8, 4) is 11.5 Å². The maximum atomic E-state index is 13.7. The number of carbonyl (C=O) groups excluding carboxylic acids is 1. The molecule has 0 aliphatic carbocycles. The fraction of sp³-hybridized carbons (Fsp3) is 0.600. The van der Waals surface area contributed by atoms with E-state index in [1.165, 1.54) is 32.4 Å². The molecule has 1 saturated heterocycles. The molecule has 6 heteroatoms. The third-order valence-corrected chi connectivity index (χ3v) is 7.38. The van der Waals surface area contributed by atoms with Crippen molar-refractivity contribution in [3.63, 3.8) is 0 Å². The Hall–Kier alpha value is -2.60. The van der Waals surface area contributed by atoms with E-state index in [1.54, 1.807) is 0 Å². The second-order valence-electron chi connectivity index (χ2n) is 11.3. The zero-order valence-electron chi connectivity index (χ0n) is 22.8. The number of benzene rings is 1. The van der Waals surface area contributed by atoms with Crippen molar-refractivity contribution in [2.24, 2.45) is 11.8 Å². The summed E-state index contributed by atoms with van der Waals surface area (Å²) >= 11 is 0. The van der Waals surface area contributed by atoms with E-state index in [2.05, 4.69) is 59.2 Å². The predicted molar refractivity (Wildman–Crippen MR) is 149 cm³/mol. The fourth-order valence-electron chi connectivity index (χ4n) is 5.12. The molecule has 6 nitrogen and oxygen atoms in total. The van der Waals surface area contributed by atoms with Crippen LogP contribution in [0.25, 0.3) is 22.6 Å². The van der Waals surface area contributed by atoms with Crippen molar-refractivity contribution in [2.45, 2.75) is 72.8 Å². The van der Waals surface area contributed by atoms with E-state index in [0.29, 0.717) is 11.8 Å². The summed E-state index contributed by atoms with van der Waals surface area (Å²) in [6.45, 7) is 15.0. The van der Waals surface area contributed by atoms with Crippen LogP contribution in [-0.2, 0) is 6.54 Å². The van der Waals surface area contributed by atoms with Crippen molar-refractivity contribution in [1.29, 1.82) is 0 Å². The van der Waals surface area contributed by atoms with Crippen molar-refractivity contribution >= 4 is 16.9 Å². The largest absolute Gasteiger partial charge is 0.359 e. The number of amides is 1. The standard InChI is InChI=1S/C30H45N5O/c1-23(2)13-20-34(21-14-24(3)4)30(36)25-11-12-26-28(22-25)35(29(32-26)27-10-8-15-31-27)19-9-18-33-16-6-5-7-17-33/h8,10-12,15,22-24,31H,5-7,9,13-14,16-21H2,1-4H3. The van der Waals surface area contributed by atoms with Crippen molar-refractivity contribution in [2.75, 3.05) is 32.7 Å². The van der Waals surface area contributed by atoms with Crippen molar-refractivity contribution in [1.82, 2.24) is 24.3 Å². The van der Waals surface area contributed by atoms with Crippen molar-refractivity contribution < 1.29 is 4.79 Å². The molecular weight excluding hydrogens is 446 g/mol. The molecule has 1 aromatic carbocycles. The van der Waals surface area contributed by atoms with Crippen LogP contribution < -0.4 is 0 Å². The highest BCUT2D eigenvalue weighted by Gasteiger charge is 2.20. The lowest BCUT2D eigenvalue weighted by molar-refractivity contribution is 0.0741. The summed E-state index contributed by atoms with van der Waals surface area (Å²) in [6, 6.07) is 10.2. The summed E-state index contributed by atoms with van der Waals surface area (Å²) in [5.74, 6) is 2.24. The van der Waals surface area contributed by atoms with Crippen LogP contribution in [0.4, 0.5) is 0 Å². The van der Waals surface area contributed by atoms with Crippen LogP contribution >= 0.6 is 0 Å². The molecule has 1 aliphatic rings. The molecule has 0 bridgehead atoms. The van der Waals surface area contributed by atoms with Gasteiger partial charge in [-0.05, 0) is 93.9 Å². The summed E-state index contributed by atoms with van der Waals surface area (Å²) < 4.78 is 2.31. The van der Waals surface area contributed by atoms with Crippen LogP contribution in [0.2, 0.25) is 0 Å². The van der Waals surface area contributed by atoms with Crippen LogP contribution in [0, 0.1) is 11.8 Å². The lowest BCUT2D eigenvalue weighted by Gasteiger charge is -2.26. The predicted octanol–water partition coefficient (Wildman–Crippen LogP) is 6.44. The molecule has 1 N–H and O–H groups in total. The highest BCUT2D eigenvalue weighted by atomic mass is 16.2. The lowest BCUT2D eigenvalue weighted by Crippen LogP contribution is -2.34. The molecule has 1 amide bonds. The monoisotopic (exact) mass is 491 g/mol. The first-order chi connectivity index (χ1) is 17.4. The van der Waals surface area contributed by atoms with Gasteiger partial charge in [-0.2, -0.15) is 0 Å². The van der Waals surface area contributed by atoms with E-state index in [1.807, 2.05) is 24.4 Å². The Labute approximate surface area is 217 Å². The van der Waals surface area contributed by atoms with Crippen molar-refractivity contribution in [3.05, 3.63) is 42.1 Å². The van der Waals surface area contributed by atoms with E-state index in [9.17, 15) is 4.79 Å². The average molecular weight is 492 g/mol. The molecule has 0 radical (unpaired) electrons. The molecule has 1 fully saturated rings. The van der Waals surface area contributed by atoms with Gasteiger partial charge in [-0.25, -0.2) is 4.98 Å². The molecule has 4 rings (SSSR count). The molecule has 3 aromatic rings. The number of aromatic nitrogens is 3. The number of nitrogens with zero attached hydrogens (tertiary/aromatic N) is 4. The molecule has 2 aromatic heterocycles. The number of fused-ring (bicyclic) bond motifs is 1. The molecule has 3 heterocycles. The second-order valence-corrected chi connectivity index (χ2v) is 11.3. The lowest BCUT2D eigenvalue weighted by atomic mass is 10.1. The minimum atomic E-state index is 0.140. The molecule has 1 aliphatic heterocycles. The number of aryl methyl sites for hydroxylation is 1. The first kappa shape index (κ1) is 26.5. The van der Waals surface area contributed by atoms with Gasteiger partial charge in [0, 0.05) is 31.4 Å². The number of carbonyl (C=O) groups is 1. The molecule has 0 atom stereocenters. The maximum absolute atomic E-state index is 13.7. The molecule has 0 spiro atoms. The van der Waals surface area contributed by atoms with Crippen LogP contribution in [0.15, 0.2) is 36.5 Å². The maximum Gasteiger partial charge on any atom is 0.253 e. The topological polar surface area (TPSA) is 57.2 Å². The van der Waals surface area contributed by atoms with Gasteiger partial charge >= 0.3 is 0 Å². The zero-order valence-corrected chi connectivity index (χ0v) is 22.8. The molecule has 36 heavy (non-hydrogen) atoms. The molecule has 0 saturated carbocycles. The van der Waals surface area contributed by atoms with Crippen LogP contribution in [0.1, 0.15) is 76.6 Å². The van der Waals surface area contributed by atoms with E-state index in [0.717, 1.165) is 73.6 Å². The number of nitrogens with one attached hydrogen (secondary N) is 1. The van der Waals surface area contributed by atoms with Crippen LogP contribution in [0.3, 0.4) is 0 Å². The second kappa shape index (κ2) is 12.6. The summed E-state index contributed by atoms with van der Waals surface area (Å²) in [4.78, 5) is 26.6. The van der Waals surface area contributed by atoms with Gasteiger partial charge in [0.25, 0.3) is 5.91 Å². The van der Waals surface area contributed by atoms with Gasteiger partial charge in [-0.3, -0.25) is 4.79 Å². The quantitative estimate of drug-likeness (QED) is 0.317. The number of likely N-dealkylation sites (tertiary alicyclic amines) is 1. The summed E-state index contributed by atoms with van der Waals surface area (Å²) in [6.07, 6.45) is 9.07. The van der Waals surface area contributed by atoms with E-state index in [4.69, 9.17) is 4.98 Å². The molecule has 0 unspecified atom stereocenters. The Morgan fingerprint density at radius 1 is 1.00 bits per heavy atom. The van der Waals surface area contributed by atoms with Gasteiger partial charge in [-0.15, -0.1) is 0 Å². The number of imidazole rings is 1. The summed E-state index contributed by atoms with van der Waals surface area (Å²) in [5, 5.41) is 0. The van der Waals surface area contributed by atoms with Crippen LogP contribution in [-0.4, -0.2) is 63.0 Å². The smallest absolute Gasteiger partial charge is 0.253 e. The minimum Gasteiger partial charge on any atom is -0.359 e. The van der Waals surface area contributed by atoms with Gasteiger partial charge in [0.15, 0.2) is 5.82 Å². The number of piperidine rings is 1. The Morgan fingerprint density at radius 2 is 1.72 bits per heavy atom. The zero-order chi connectivity index (χ0) is 25.5. The highest BCUT2D eigenvalue weighted by molar-refractivity contribution is 5.98.